The molecule has 3 aromatic heterocycles. The lowest BCUT2D eigenvalue weighted by Gasteiger charge is -2.49. The van der Waals surface area contributed by atoms with Crippen molar-refractivity contribution in [2.24, 2.45) is 5.92 Å². The number of aryl methyl sites for hydroxylation is 2. The minimum atomic E-state index is -0.0555. The zero-order valence-corrected chi connectivity index (χ0v) is 17.7. The van der Waals surface area contributed by atoms with E-state index in [2.05, 4.69) is 19.9 Å². The van der Waals surface area contributed by atoms with Gasteiger partial charge in [0, 0.05) is 43.0 Å². The molecule has 5 heterocycles. The van der Waals surface area contributed by atoms with E-state index in [9.17, 15) is 4.79 Å². The van der Waals surface area contributed by atoms with Crippen molar-refractivity contribution >= 4 is 5.91 Å². The molecule has 0 radical (unpaired) electrons. The number of pyridine rings is 2. The van der Waals surface area contributed by atoms with Crippen molar-refractivity contribution in [1.82, 2.24) is 24.8 Å². The number of carbonyl (C=O) groups excluding carboxylic acids is 1. The molecule has 3 aliphatic rings. The Morgan fingerprint density at radius 1 is 1.03 bits per heavy atom. The molecule has 31 heavy (non-hydrogen) atoms. The number of nitrogens with zero attached hydrogens (tertiary/aromatic N) is 5. The average molecular weight is 415 g/mol. The highest BCUT2D eigenvalue weighted by atomic mass is 16.5. The molecule has 1 amide bonds. The summed E-state index contributed by atoms with van der Waals surface area (Å²) >= 11 is 0. The molecule has 3 atom stereocenters. The highest BCUT2D eigenvalue weighted by Gasteiger charge is 2.45. The van der Waals surface area contributed by atoms with Crippen LogP contribution in [0, 0.1) is 19.8 Å². The fourth-order valence-corrected chi connectivity index (χ4v) is 4.78. The second-order valence-electron chi connectivity index (χ2n) is 8.43. The minimum absolute atomic E-state index is 0.0183. The summed E-state index contributed by atoms with van der Waals surface area (Å²) in [7, 11) is 0. The van der Waals surface area contributed by atoms with Crippen LogP contribution >= 0.6 is 0 Å². The van der Waals surface area contributed by atoms with Gasteiger partial charge in [0.25, 0.3) is 5.91 Å². The van der Waals surface area contributed by atoms with Gasteiger partial charge in [-0.2, -0.15) is 0 Å². The van der Waals surface area contributed by atoms with Crippen LogP contribution < -0.4 is 4.74 Å². The molecule has 3 fully saturated rings. The Bertz CT molecular complexity index is 1090. The van der Waals surface area contributed by atoms with Gasteiger partial charge in [0.2, 0.25) is 5.88 Å². The van der Waals surface area contributed by atoms with Crippen molar-refractivity contribution in [2.75, 3.05) is 6.54 Å². The smallest absolute Gasteiger partial charge is 0.256 e. The van der Waals surface area contributed by atoms with Gasteiger partial charge >= 0.3 is 0 Å². The summed E-state index contributed by atoms with van der Waals surface area (Å²) in [6.45, 7) is 4.62. The predicted octanol–water partition coefficient (Wildman–Crippen LogP) is 3.62. The van der Waals surface area contributed by atoms with Crippen LogP contribution in [0.2, 0.25) is 0 Å². The number of carbonyl (C=O) groups is 1. The third-order valence-corrected chi connectivity index (χ3v) is 6.30. The van der Waals surface area contributed by atoms with Crippen LogP contribution in [0.1, 0.15) is 40.9 Å². The van der Waals surface area contributed by atoms with Gasteiger partial charge in [-0.15, -0.1) is 0 Å². The predicted molar refractivity (Wildman–Crippen MR) is 116 cm³/mol. The number of piperidine rings is 2. The fourth-order valence-electron chi connectivity index (χ4n) is 4.78. The Balaban J connectivity index is 1.45. The summed E-state index contributed by atoms with van der Waals surface area (Å²) in [5, 5.41) is 0. The zero-order valence-electron chi connectivity index (χ0n) is 17.7. The van der Waals surface area contributed by atoms with E-state index in [0.29, 0.717) is 28.9 Å². The SMILES string of the molecule is Cc1ccc(OC2CC3CCC2N(C(=O)c2c(-c4ncccn4)ccnc2C)C3)nc1. The van der Waals surface area contributed by atoms with E-state index < -0.39 is 0 Å². The molecule has 3 aromatic rings. The summed E-state index contributed by atoms with van der Waals surface area (Å²) in [6, 6.07) is 7.51. The number of rotatable bonds is 4. The Morgan fingerprint density at radius 3 is 2.61 bits per heavy atom. The molecule has 3 unspecified atom stereocenters. The van der Waals surface area contributed by atoms with E-state index >= 15 is 0 Å². The Morgan fingerprint density at radius 2 is 1.87 bits per heavy atom. The van der Waals surface area contributed by atoms with Crippen LogP contribution in [-0.2, 0) is 0 Å². The molecule has 2 saturated heterocycles. The van der Waals surface area contributed by atoms with Gasteiger partial charge in [-0.25, -0.2) is 15.0 Å². The number of ether oxygens (including phenoxy) is 1. The normalized spacial score (nSPS) is 22.4. The summed E-state index contributed by atoms with van der Waals surface area (Å²) in [4.78, 5) is 33.3. The lowest BCUT2D eigenvalue weighted by Crippen LogP contribution is -2.59. The van der Waals surface area contributed by atoms with Gasteiger partial charge in [0.15, 0.2) is 5.82 Å². The van der Waals surface area contributed by atoms with Gasteiger partial charge in [0.1, 0.15) is 6.10 Å². The lowest BCUT2D eigenvalue weighted by atomic mass is 9.77. The van der Waals surface area contributed by atoms with Gasteiger partial charge in [-0.3, -0.25) is 9.78 Å². The van der Waals surface area contributed by atoms with Crippen LogP contribution in [0.5, 0.6) is 5.88 Å². The van der Waals surface area contributed by atoms with Crippen molar-refractivity contribution in [3.63, 3.8) is 0 Å². The average Bonchev–Trinajstić information content (AvgIpc) is 2.81. The lowest BCUT2D eigenvalue weighted by molar-refractivity contribution is -0.0313. The number of aromatic nitrogens is 4. The van der Waals surface area contributed by atoms with Gasteiger partial charge in [0.05, 0.1) is 17.3 Å². The number of amides is 1. The number of hydrogen-bond donors (Lipinski definition) is 0. The molecule has 7 nitrogen and oxygen atoms in total. The summed E-state index contributed by atoms with van der Waals surface area (Å²) < 4.78 is 6.26. The molecule has 1 saturated carbocycles. The first kappa shape index (κ1) is 19.6. The largest absolute Gasteiger partial charge is 0.472 e. The molecule has 0 N–H and O–H groups in total. The molecule has 2 bridgehead atoms. The molecule has 0 spiro atoms. The summed E-state index contributed by atoms with van der Waals surface area (Å²) in [6.07, 6.45) is 9.84. The van der Waals surface area contributed by atoms with E-state index in [1.165, 1.54) is 0 Å². The Labute approximate surface area is 181 Å². The van der Waals surface area contributed by atoms with E-state index in [1.807, 2.05) is 43.1 Å². The van der Waals surface area contributed by atoms with Crippen LogP contribution in [0.4, 0.5) is 0 Å². The van der Waals surface area contributed by atoms with Crippen molar-refractivity contribution in [2.45, 2.75) is 45.3 Å². The van der Waals surface area contributed by atoms with E-state index in [1.54, 1.807) is 24.7 Å². The molecular weight excluding hydrogens is 390 g/mol. The third kappa shape index (κ3) is 3.76. The highest BCUT2D eigenvalue weighted by Crippen LogP contribution is 2.38. The molecular formula is C24H25N5O2. The number of hydrogen-bond acceptors (Lipinski definition) is 6. The summed E-state index contributed by atoms with van der Waals surface area (Å²) in [5.74, 6) is 1.56. The van der Waals surface area contributed by atoms with Crippen molar-refractivity contribution in [1.29, 1.82) is 0 Å². The molecule has 0 aromatic carbocycles. The summed E-state index contributed by atoms with van der Waals surface area (Å²) in [5.41, 5.74) is 3.08. The topological polar surface area (TPSA) is 81.1 Å². The standard InChI is InChI=1S/C24H25N5O2/c1-15-4-7-21(28-13-15)31-20-12-17-5-6-19(20)29(14-17)24(30)22-16(2)25-11-8-18(22)23-26-9-3-10-27-23/h3-4,7-11,13,17,19-20H,5-6,12,14H2,1-2H3. The molecule has 6 rings (SSSR count). The fraction of sp³-hybridized carbons (Fsp3) is 0.375. The monoisotopic (exact) mass is 415 g/mol. The van der Waals surface area contributed by atoms with E-state index in [0.717, 1.165) is 36.9 Å². The minimum Gasteiger partial charge on any atom is -0.472 e. The quantitative estimate of drug-likeness (QED) is 0.647. The van der Waals surface area contributed by atoms with Crippen molar-refractivity contribution < 1.29 is 9.53 Å². The molecule has 158 valence electrons. The van der Waals surface area contributed by atoms with Crippen LogP contribution in [-0.4, -0.2) is 49.4 Å². The van der Waals surface area contributed by atoms with Crippen LogP contribution in [0.25, 0.3) is 11.4 Å². The van der Waals surface area contributed by atoms with Gasteiger partial charge in [-0.05, 0) is 56.7 Å². The third-order valence-electron chi connectivity index (χ3n) is 6.30. The Hall–Kier alpha value is -3.35. The second-order valence-corrected chi connectivity index (χ2v) is 8.43. The molecule has 2 aliphatic heterocycles. The van der Waals surface area contributed by atoms with Crippen molar-refractivity contribution in [3.05, 3.63) is 65.9 Å². The maximum Gasteiger partial charge on any atom is 0.256 e. The van der Waals surface area contributed by atoms with Crippen LogP contribution in [0.15, 0.2) is 49.1 Å². The van der Waals surface area contributed by atoms with Crippen LogP contribution in [0.3, 0.4) is 0 Å². The highest BCUT2D eigenvalue weighted by molar-refractivity contribution is 6.01. The molecule has 7 heteroatoms. The number of fused-ring (bicyclic) bond motifs is 3. The first-order chi connectivity index (χ1) is 15.1. The van der Waals surface area contributed by atoms with Crippen molar-refractivity contribution in [3.8, 4) is 17.3 Å². The van der Waals surface area contributed by atoms with E-state index in [-0.39, 0.29) is 18.1 Å². The first-order valence-corrected chi connectivity index (χ1v) is 10.7. The maximum atomic E-state index is 13.8. The van der Waals surface area contributed by atoms with Gasteiger partial charge < -0.3 is 9.64 Å². The second kappa shape index (κ2) is 8.06. The Kier molecular flexibility index (Phi) is 5.10. The van der Waals surface area contributed by atoms with E-state index in [4.69, 9.17) is 4.74 Å². The molecule has 1 aliphatic carbocycles. The zero-order chi connectivity index (χ0) is 21.4. The van der Waals surface area contributed by atoms with Gasteiger partial charge in [-0.1, -0.05) is 6.07 Å². The first-order valence-electron chi connectivity index (χ1n) is 10.7. The maximum absolute atomic E-state index is 13.8.